The maximum absolute atomic E-state index is 10.7. The Kier molecular flexibility index (Phi) is 4.69. The van der Waals surface area contributed by atoms with E-state index in [0.717, 1.165) is 6.42 Å². The van der Waals surface area contributed by atoms with Gasteiger partial charge in [0.1, 0.15) is 0 Å². The van der Waals surface area contributed by atoms with Crippen molar-refractivity contribution in [3.8, 4) is 0 Å². The second kappa shape index (κ2) is 5.38. The van der Waals surface area contributed by atoms with E-state index in [-0.39, 0.29) is 5.70 Å². The molecule has 0 fully saturated rings. The number of carbonyl (C=O) groups is 1. The minimum atomic E-state index is -0.671. The predicted octanol–water partition coefficient (Wildman–Crippen LogP) is 0.789. The van der Waals surface area contributed by atoms with Crippen molar-refractivity contribution in [1.82, 2.24) is 0 Å². The molecule has 0 aromatic rings. The molecule has 0 heterocycles. The maximum atomic E-state index is 10.7. The number of carbonyl (C=O) groups excluding carboxylic acids is 2. The highest BCUT2D eigenvalue weighted by atomic mass is 16.5. The van der Waals surface area contributed by atoms with Crippen molar-refractivity contribution in [2.45, 2.75) is 13.3 Å². The first-order chi connectivity index (χ1) is 5.22. The van der Waals surface area contributed by atoms with Crippen molar-refractivity contribution in [1.29, 1.82) is 0 Å². The fraction of sp³-hybridized carbons (Fsp3) is 0.429. The van der Waals surface area contributed by atoms with Gasteiger partial charge in [-0.2, -0.15) is 4.99 Å². The zero-order chi connectivity index (χ0) is 8.69. The van der Waals surface area contributed by atoms with Crippen molar-refractivity contribution in [2.24, 2.45) is 4.99 Å². The number of esters is 1. The smallest absolute Gasteiger partial charge is 0.357 e. The van der Waals surface area contributed by atoms with Gasteiger partial charge in [-0.25, -0.2) is 9.59 Å². The Hall–Kier alpha value is -1.41. The summed E-state index contributed by atoms with van der Waals surface area (Å²) in [6.45, 7) is 5.37. The molecule has 0 unspecified atom stereocenters. The van der Waals surface area contributed by atoms with Crippen molar-refractivity contribution in [2.75, 3.05) is 6.61 Å². The van der Waals surface area contributed by atoms with E-state index in [9.17, 15) is 9.59 Å². The Morgan fingerprint density at radius 3 is 2.82 bits per heavy atom. The van der Waals surface area contributed by atoms with E-state index in [0.29, 0.717) is 6.61 Å². The van der Waals surface area contributed by atoms with Gasteiger partial charge in [0.25, 0.3) is 0 Å². The first-order valence-corrected chi connectivity index (χ1v) is 3.16. The summed E-state index contributed by atoms with van der Waals surface area (Å²) in [5, 5.41) is 0. The molecule has 0 atom stereocenters. The molecule has 4 nitrogen and oxygen atoms in total. The highest BCUT2D eigenvalue weighted by molar-refractivity contribution is 5.88. The maximum Gasteiger partial charge on any atom is 0.357 e. The van der Waals surface area contributed by atoms with E-state index < -0.39 is 5.97 Å². The Bertz CT molecular complexity index is 204. The molecule has 0 aromatic heterocycles. The molecule has 60 valence electrons. The Labute approximate surface area is 64.6 Å². The molecule has 0 aromatic carbocycles. The lowest BCUT2D eigenvalue weighted by Crippen LogP contribution is -2.05. The zero-order valence-electron chi connectivity index (χ0n) is 6.29. The molecule has 0 spiro atoms. The zero-order valence-corrected chi connectivity index (χ0v) is 6.29. The molecule has 0 saturated heterocycles. The summed E-state index contributed by atoms with van der Waals surface area (Å²) in [6, 6.07) is 0. The quantitative estimate of drug-likeness (QED) is 0.261. The standard InChI is InChI=1S/C7H9NO3/c1-3-4-11-7(10)6(2)8-5-9/h2-4H2,1H3. The molecule has 0 N–H and O–H groups in total. The summed E-state index contributed by atoms with van der Waals surface area (Å²) >= 11 is 0. The first kappa shape index (κ1) is 9.59. The Morgan fingerprint density at radius 1 is 1.73 bits per heavy atom. The van der Waals surface area contributed by atoms with Crippen molar-refractivity contribution < 1.29 is 14.3 Å². The van der Waals surface area contributed by atoms with E-state index >= 15 is 0 Å². The summed E-state index contributed by atoms with van der Waals surface area (Å²) in [7, 11) is 0. The topological polar surface area (TPSA) is 55.7 Å². The van der Waals surface area contributed by atoms with E-state index in [2.05, 4.69) is 16.3 Å². The Morgan fingerprint density at radius 2 is 2.36 bits per heavy atom. The van der Waals surface area contributed by atoms with Crippen LogP contribution in [0.2, 0.25) is 0 Å². The van der Waals surface area contributed by atoms with Crippen LogP contribution < -0.4 is 0 Å². The van der Waals surface area contributed by atoms with Gasteiger partial charge in [-0.1, -0.05) is 13.5 Å². The molecule has 0 amide bonds. The van der Waals surface area contributed by atoms with Gasteiger partial charge in [-0.05, 0) is 6.42 Å². The lowest BCUT2D eigenvalue weighted by atomic mass is 10.5. The molecule has 0 saturated carbocycles. The highest BCUT2D eigenvalue weighted by Gasteiger charge is 2.05. The Balaban J connectivity index is 3.83. The summed E-state index contributed by atoms with van der Waals surface area (Å²) in [5.74, 6) is -0.671. The number of hydrogen-bond donors (Lipinski definition) is 0. The SMILES string of the molecule is C=C(N=C=O)C(=O)OCCC. The third kappa shape index (κ3) is 4.06. The van der Waals surface area contributed by atoms with Crippen LogP contribution in [0.4, 0.5) is 0 Å². The van der Waals surface area contributed by atoms with Crippen LogP contribution in [0.15, 0.2) is 17.3 Å². The molecule has 0 aliphatic heterocycles. The molecule has 11 heavy (non-hydrogen) atoms. The van der Waals surface area contributed by atoms with Crippen LogP contribution in [-0.4, -0.2) is 18.7 Å². The third-order valence-electron chi connectivity index (χ3n) is 0.854. The van der Waals surface area contributed by atoms with Crippen LogP contribution in [0, 0.1) is 0 Å². The molecular formula is C7H9NO3. The van der Waals surface area contributed by atoms with Crippen LogP contribution in [0.25, 0.3) is 0 Å². The molecule has 0 aliphatic carbocycles. The van der Waals surface area contributed by atoms with Gasteiger partial charge < -0.3 is 4.74 Å². The average Bonchev–Trinajstić information content (AvgIpc) is 2.00. The number of ether oxygens (including phenoxy) is 1. The lowest BCUT2D eigenvalue weighted by Gasteiger charge is -1.98. The van der Waals surface area contributed by atoms with Crippen molar-refractivity contribution in [3.05, 3.63) is 12.3 Å². The van der Waals surface area contributed by atoms with Gasteiger partial charge in [0, 0.05) is 0 Å². The minimum absolute atomic E-state index is 0.214. The van der Waals surface area contributed by atoms with Gasteiger partial charge in [0.15, 0.2) is 5.70 Å². The van der Waals surface area contributed by atoms with Crippen LogP contribution in [0.1, 0.15) is 13.3 Å². The minimum Gasteiger partial charge on any atom is -0.461 e. The number of isocyanates is 1. The molecule has 0 radical (unpaired) electrons. The summed E-state index contributed by atoms with van der Waals surface area (Å²) in [6.07, 6.45) is 1.93. The third-order valence-corrected chi connectivity index (χ3v) is 0.854. The fourth-order valence-electron chi connectivity index (χ4n) is 0.379. The number of rotatable bonds is 4. The molecular weight excluding hydrogens is 146 g/mol. The summed E-state index contributed by atoms with van der Waals surface area (Å²) < 4.78 is 4.59. The largest absolute Gasteiger partial charge is 0.461 e. The number of nitrogens with zero attached hydrogens (tertiary/aromatic N) is 1. The summed E-state index contributed by atoms with van der Waals surface area (Å²) in [4.78, 5) is 23.3. The molecule has 0 bridgehead atoms. The van der Waals surface area contributed by atoms with Crippen LogP contribution >= 0.6 is 0 Å². The first-order valence-electron chi connectivity index (χ1n) is 3.16. The second-order valence-corrected chi connectivity index (χ2v) is 1.79. The van der Waals surface area contributed by atoms with Crippen LogP contribution in [-0.2, 0) is 14.3 Å². The number of hydrogen-bond acceptors (Lipinski definition) is 4. The summed E-state index contributed by atoms with van der Waals surface area (Å²) in [5.41, 5.74) is -0.214. The van der Waals surface area contributed by atoms with Crippen molar-refractivity contribution >= 4 is 12.0 Å². The van der Waals surface area contributed by atoms with Crippen LogP contribution in [0.3, 0.4) is 0 Å². The van der Waals surface area contributed by atoms with Crippen LogP contribution in [0.5, 0.6) is 0 Å². The molecule has 4 heteroatoms. The fourth-order valence-corrected chi connectivity index (χ4v) is 0.379. The lowest BCUT2D eigenvalue weighted by molar-refractivity contribution is -0.139. The normalized spacial score (nSPS) is 8.09. The van der Waals surface area contributed by atoms with Gasteiger partial charge in [0.2, 0.25) is 6.08 Å². The van der Waals surface area contributed by atoms with Gasteiger partial charge in [0.05, 0.1) is 6.61 Å². The average molecular weight is 155 g/mol. The van der Waals surface area contributed by atoms with E-state index in [4.69, 9.17) is 0 Å². The van der Waals surface area contributed by atoms with E-state index in [1.54, 1.807) is 0 Å². The monoisotopic (exact) mass is 155 g/mol. The van der Waals surface area contributed by atoms with Gasteiger partial charge in [-0.15, -0.1) is 0 Å². The van der Waals surface area contributed by atoms with Gasteiger partial charge >= 0.3 is 5.97 Å². The highest BCUT2D eigenvalue weighted by Crippen LogP contribution is 1.95. The molecule has 0 rings (SSSR count). The number of aliphatic imine (C=N–C) groups is 1. The van der Waals surface area contributed by atoms with Crippen molar-refractivity contribution in [3.63, 3.8) is 0 Å². The predicted molar refractivity (Wildman–Crippen MR) is 38.5 cm³/mol. The second-order valence-electron chi connectivity index (χ2n) is 1.79. The molecule has 0 aliphatic rings. The van der Waals surface area contributed by atoms with Gasteiger partial charge in [-0.3, -0.25) is 0 Å². The van der Waals surface area contributed by atoms with E-state index in [1.165, 1.54) is 6.08 Å². The van der Waals surface area contributed by atoms with E-state index in [1.807, 2.05) is 6.92 Å².